The number of amides is 1. The van der Waals surface area contributed by atoms with Crippen molar-refractivity contribution in [3.63, 3.8) is 0 Å². The molecule has 5 nitrogen and oxygen atoms in total. The molecular weight excluding hydrogens is 258 g/mol. The van der Waals surface area contributed by atoms with Crippen molar-refractivity contribution >= 4 is 11.9 Å². The average Bonchev–Trinajstić information content (AvgIpc) is 2.36. The molecule has 4 aliphatic rings. The van der Waals surface area contributed by atoms with Gasteiger partial charge in [-0.05, 0) is 55.8 Å². The number of hydrogen-bond donors (Lipinski definition) is 2. The standard InChI is InChI=1S/C15H23NO4/c1-20-7-12(15(18)19)16-14(17)13-10-3-8-2-9(5-10)6-11(13)4-8/h8-13H,2-7H2,1H3,(H,16,17)(H,18,19). The fraction of sp³-hybridized carbons (Fsp3) is 0.867. The summed E-state index contributed by atoms with van der Waals surface area (Å²) in [7, 11) is 1.45. The van der Waals surface area contributed by atoms with E-state index in [1.54, 1.807) is 0 Å². The van der Waals surface area contributed by atoms with Crippen LogP contribution in [0, 0.1) is 29.6 Å². The van der Waals surface area contributed by atoms with Crippen molar-refractivity contribution in [2.45, 2.75) is 38.1 Å². The van der Waals surface area contributed by atoms with Gasteiger partial charge in [-0.3, -0.25) is 4.79 Å². The molecule has 1 amide bonds. The average molecular weight is 281 g/mol. The summed E-state index contributed by atoms with van der Waals surface area (Å²) in [6.07, 6.45) is 5.99. The van der Waals surface area contributed by atoms with Gasteiger partial charge in [0.05, 0.1) is 6.61 Å². The number of methoxy groups -OCH3 is 1. The molecule has 5 heteroatoms. The number of rotatable bonds is 5. The van der Waals surface area contributed by atoms with Crippen molar-refractivity contribution in [1.29, 1.82) is 0 Å². The van der Waals surface area contributed by atoms with Crippen molar-refractivity contribution in [1.82, 2.24) is 5.32 Å². The van der Waals surface area contributed by atoms with Crippen molar-refractivity contribution in [2.75, 3.05) is 13.7 Å². The second-order valence-electron chi connectivity index (χ2n) is 6.81. The Kier molecular flexibility index (Phi) is 3.71. The van der Waals surface area contributed by atoms with Gasteiger partial charge in [0, 0.05) is 13.0 Å². The molecule has 0 heterocycles. The van der Waals surface area contributed by atoms with Gasteiger partial charge in [0.15, 0.2) is 6.04 Å². The molecule has 2 N–H and O–H groups in total. The molecule has 4 rings (SSSR count). The van der Waals surface area contributed by atoms with E-state index in [1.807, 2.05) is 0 Å². The molecule has 20 heavy (non-hydrogen) atoms. The number of carboxylic acid groups (broad SMARTS) is 1. The van der Waals surface area contributed by atoms with Crippen LogP contribution in [0.25, 0.3) is 0 Å². The lowest BCUT2D eigenvalue weighted by atomic mass is 9.51. The van der Waals surface area contributed by atoms with Crippen LogP contribution in [0.3, 0.4) is 0 Å². The first-order valence-electron chi connectivity index (χ1n) is 7.60. The van der Waals surface area contributed by atoms with Gasteiger partial charge < -0.3 is 15.2 Å². The predicted molar refractivity (Wildman–Crippen MR) is 72.0 cm³/mol. The van der Waals surface area contributed by atoms with Gasteiger partial charge in [0.1, 0.15) is 0 Å². The van der Waals surface area contributed by atoms with Crippen LogP contribution < -0.4 is 5.32 Å². The molecule has 0 aromatic carbocycles. The minimum Gasteiger partial charge on any atom is -0.480 e. The SMILES string of the molecule is COCC(NC(=O)C1C2CC3CC(C2)CC1C3)C(=O)O. The second kappa shape index (κ2) is 5.35. The molecule has 4 aliphatic carbocycles. The van der Waals surface area contributed by atoms with Crippen LogP contribution >= 0.6 is 0 Å². The second-order valence-corrected chi connectivity index (χ2v) is 6.81. The number of carbonyl (C=O) groups is 2. The summed E-state index contributed by atoms with van der Waals surface area (Å²) in [5.41, 5.74) is 0. The lowest BCUT2D eigenvalue weighted by Gasteiger charge is -2.53. The highest BCUT2D eigenvalue weighted by Gasteiger charge is 2.51. The largest absolute Gasteiger partial charge is 0.480 e. The van der Waals surface area contributed by atoms with Crippen molar-refractivity contribution in [3.05, 3.63) is 0 Å². The van der Waals surface area contributed by atoms with Crippen molar-refractivity contribution < 1.29 is 19.4 Å². The summed E-state index contributed by atoms with van der Waals surface area (Å²) in [6, 6.07) is -0.926. The Morgan fingerprint density at radius 2 is 1.70 bits per heavy atom. The van der Waals surface area contributed by atoms with Crippen LogP contribution in [0.5, 0.6) is 0 Å². The lowest BCUT2D eigenvalue weighted by molar-refractivity contribution is -0.148. The highest BCUT2D eigenvalue weighted by Crippen LogP contribution is 2.56. The van der Waals surface area contributed by atoms with E-state index in [0.29, 0.717) is 11.8 Å². The Hall–Kier alpha value is -1.10. The Labute approximate surface area is 119 Å². The van der Waals surface area contributed by atoms with Gasteiger partial charge in [-0.2, -0.15) is 0 Å². The van der Waals surface area contributed by atoms with Gasteiger partial charge in [0.25, 0.3) is 0 Å². The molecule has 4 bridgehead atoms. The third-order valence-corrected chi connectivity index (χ3v) is 5.48. The van der Waals surface area contributed by atoms with E-state index in [9.17, 15) is 9.59 Å². The summed E-state index contributed by atoms with van der Waals surface area (Å²) in [4.78, 5) is 23.6. The maximum absolute atomic E-state index is 12.5. The summed E-state index contributed by atoms with van der Waals surface area (Å²) in [5.74, 6) is 1.52. The fourth-order valence-corrected chi connectivity index (χ4v) is 4.96. The third-order valence-electron chi connectivity index (χ3n) is 5.48. The zero-order valence-corrected chi connectivity index (χ0v) is 11.9. The van der Waals surface area contributed by atoms with Gasteiger partial charge >= 0.3 is 5.97 Å². The highest BCUT2D eigenvalue weighted by molar-refractivity contribution is 5.85. The number of ether oxygens (including phenoxy) is 1. The number of carbonyl (C=O) groups excluding carboxylic acids is 1. The minimum atomic E-state index is -1.02. The first-order chi connectivity index (χ1) is 9.58. The molecule has 0 radical (unpaired) electrons. The maximum atomic E-state index is 12.5. The Balaban J connectivity index is 1.66. The predicted octanol–water partition coefficient (Wildman–Crippen LogP) is 1.27. The zero-order valence-electron chi connectivity index (χ0n) is 11.9. The molecule has 1 atom stereocenters. The van der Waals surface area contributed by atoms with E-state index in [0.717, 1.165) is 37.5 Å². The summed E-state index contributed by atoms with van der Waals surface area (Å²) in [6.45, 7) is 0.0222. The zero-order chi connectivity index (χ0) is 14.3. The Morgan fingerprint density at radius 3 is 2.15 bits per heavy atom. The van der Waals surface area contributed by atoms with E-state index in [4.69, 9.17) is 9.84 Å². The van der Waals surface area contributed by atoms with E-state index in [1.165, 1.54) is 13.5 Å². The highest BCUT2D eigenvalue weighted by atomic mass is 16.5. The number of hydrogen-bond acceptors (Lipinski definition) is 3. The Bertz CT molecular complexity index is 381. The monoisotopic (exact) mass is 281 g/mol. The fourth-order valence-electron chi connectivity index (χ4n) is 4.96. The first-order valence-corrected chi connectivity index (χ1v) is 7.60. The normalized spacial score (nSPS) is 39.5. The van der Waals surface area contributed by atoms with Crippen LogP contribution in [-0.2, 0) is 14.3 Å². The van der Waals surface area contributed by atoms with E-state index in [-0.39, 0.29) is 18.4 Å². The van der Waals surface area contributed by atoms with Crippen LogP contribution in [0.4, 0.5) is 0 Å². The molecule has 4 saturated carbocycles. The maximum Gasteiger partial charge on any atom is 0.328 e. The van der Waals surface area contributed by atoms with Crippen LogP contribution in [0.15, 0.2) is 0 Å². The minimum absolute atomic E-state index is 0.0222. The van der Waals surface area contributed by atoms with Crippen molar-refractivity contribution in [2.24, 2.45) is 29.6 Å². The van der Waals surface area contributed by atoms with Gasteiger partial charge in [-0.25, -0.2) is 4.79 Å². The third kappa shape index (κ3) is 2.43. The van der Waals surface area contributed by atoms with Crippen LogP contribution in [-0.4, -0.2) is 36.7 Å². The van der Waals surface area contributed by atoms with Gasteiger partial charge in [0.2, 0.25) is 5.91 Å². The van der Waals surface area contributed by atoms with E-state index >= 15 is 0 Å². The number of nitrogens with one attached hydrogen (secondary N) is 1. The molecular formula is C15H23NO4. The number of carboxylic acids is 1. The molecule has 112 valence electrons. The molecule has 0 saturated heterocycles. The topological polar surface area (TPSA) is 75.6 Å². The summed E-state index contributed by atoms with van der Waals surface area (Å²) < 4.78 is 4.88. The number of aliphatic carboxylic acids is 1. The van der Waals surface area contributed by atoms with E-state index in [2.05, 4.69) is 5.32 Å². The first kappa shape index (κ1) is 13.9. The van der Waals surface area contributed by atoms with Gasteiger partial charge in [-0.1, -0.05) is 0 Å². The van der Waals surface area contributed by atoms with E-state index < -0.39 is 12.0 Å². The molecule has 4 fully saturated rings. The Morgan fingerprint density at radius 1 is 1.15 bits per heavy atom. The molecule has 0 aliphatic heterocycles. The van der Waals surface area contributed by atoms with Crippen molar-refractivity contribution in [3.8, 4) is 0 Å². The summed E-state index contributed by atoms with van der Waals surface area (Å²) >= 11 is 0. The van der Waals surface area contributed by atoms with Crippen LogP contribution in [0.1, 0.15) is 32.1 Å². The lowest BCUT2D eigenvalue weighted by Crippen LogP contribution is -2.54. The molecule has 0 spiro atoms. The van der Waals surface area contributed by atoms with Crippen LogP contribution in [0.2, 0.25) is 0 Å². The smallest absolute Gasteiger partial charge is 0.328 e. The molecule has 0 aromatic heterocycles. The quantitative estimate of drug-likeness (QED) is 0.796. The molecule has 1 unspecified atom stereocenters. The van der Waals surface area contributed by atoms with Gasteiger partial charge in [-0.15, -0.1) is 0 Å². The molecule has 0 aromatic rings. The summed E-state index contributed by atoms with van der Waals surface area (Å²) in [5, 5.41) is 11.8.